The Hall–Kier alpha value is -2.64. The van der Waals surface area contributed by atoms with E-state index in [4.69, 9.17) is 9.47 Å². The monoisotopic (exact) mass is 389 g/mol. The summed E-state index contributed by atoms with van der Waals surface area (Å²) in [4.78, 5) is 12.5. The van der Waals surface area contributed by atoms with Crippen LogP contribution in [0.1, 0.15) is 22.8 Å². The molecule has 0 aliphatic carbocycles. The summed E-state index contributed by atoms with van der Waals surface area (Å²) < 4.78 is 36.0. The van der Waals surface area contributed by atoms with Gasteiger partial charge in [-0.15, -0.1) is 0 Å². The van der Waals surface area contributed by atoms with E-state index in [2.05, 4.69) is 0 Å². The van der Waals surface area contributed by atoms with Gasteiger partial charge >= 0.3 is 0 Å². The van der Waals surface area contributed by atoms with Gasteiger partial charge in [-0.05, 0) is 55.0 Å². The lowest BCUT2D eigenvalue weighted by Gasteiger charge is -2.11. The molecule has 0 aliphatic heterocycles. The van der Waals surface area contributed by atoms with Crippen LogP contribution >= 0.6 is 0 Å². The lowest BCUT2D eigenvalue weighted by Crippen LogP contribution is -2.22. The number of hydrogen-bond acceptors (Lipinski definition) is 5. The number of hydrogen-bond donors (Lipinski definition) is 0. The van der Waals surface area contributed by atoms with Crippen molar-refractivity contribution in [3.8, 4) is 11.5 Å². The van der Waals surface area contributed by atoms with E-state index in [9.17, 15) is 13.2 Å². The molecule has 2 aromatic carbocycles. The van der Waals surface area contributed by atoms with Gasteiger partial charge in [-0.1, -0.05) is 12.1 Å². The molecular weight excluding hydrogens is 366 g/mol. The summed E-state index contributed by atoms with van der Waals surface area (Å²) >= 11 is 0. The van der Waals surface area contributed by atoms with Crippen molar-refractivity contribution in [2.24, 2.45) is 0 Å². The van der Waals surface area contributed by atoms with E-state index in [0.29, 0.717) is 23.7 Å². The Morgan fingerprint density at radius 3 is 2.30 bits per heavy atom. The van der Waals surface area contributed by atoms with Gasteiger partial charge < -0.3 is 9.47 Å². The van der Waals surface area contributed by atoms with Crippen molar-refractivity contribution in [2.45, 2.75) is 11.8 Å². The summed E-state index contributed by atoms with van der Waals surface area (Å²) in [6.45, 7) is 2.39. The molecule has 2 rings (SSSR count). The predicted octanol–water partition coefficient (Wildman–Crippen LogP) is 3.24. The molecule has 144 valence electrons. The van der Waals surface area contributed by atoms with Crippen LogP contribution in [0, 0.1) is 0 Å². The molecule has 0 spiro atoms. The van der Waals surface area contributed by atoms with Gasteiger partial charge in [-0.3, -0.25) is 4.79 Å². The molecule has 0 bridgehead atoms. The zero-order chi connectivity index (χ0) is 20.0. The maximum Gasteiger partial charge on any atom is 0.242 e. The molecule has 0 saturated carbocycles. The maximum atomic E-state index is 12.3. The first-order valence-corrected chi connectivity index (χ1v) is 9.79. The number of nitrogens with zero attached hydrogens (tertiary/aromatic N) is 1. The topological polar surface area (TPSA) is 72.9 Å². The number of allylic oxidation sites excluding steroid dienone is 1. The molecule has 0 unspecified atom stereocenters. The molecule has 0 saturated heterocycles. The number of methoxy groups -OCH3 is 1. The van der Waals surface area contributed by atoms with Gasteiger partial charge in [0.15, 0.2) is 17.3 Å². The molecule has 0 amide bonds. The minimum atomic E-state index is -3.51. The van der Waals surface area contributed by atoms with E-state index in [-0.39, 0.29) is 10.7 Å². The summed E-state index contributed by atoms with van der Waals surface area (Å²) in [7, 11) is 0.975. The van der Waals surface area contributed by atoms with E-state index in [1.807, 2.05) is 13.0 Å². The van der Waals surface area contributed by atoms with Crippen LogP contribution in [0.5, 0.6) is 11.5 Å². The van der Waals surface area contributed by atoms with Crippen LogP contribution in [0.4, 0.5) is 0 Å². The molecule has 0 aliphatic rings. The fourth-order valence-corrected chi connectivity index (χ4v) is 3.24. The van der Waals surface area contributed by atoms with E-state index in [1.54, 1.807) is 25.3 Å². The smallest absolute Gasteiger partial charge is 0.242 e. The van der Waals surface area contributed by atoms with Gasteiger partial charge in [0, 0.05) is 19.7 Å². The predicted molar refractivity (Wildman–Crippen MR) is 105 cm³/mol. The Kier molecular flexibility index (Phi) is 6.76. The van der Waals surface area contributed by atoms with Crippen molar-refractivity contribution >= 4 is 21.9 Å². The maximum absolute atomic E-state index is 12.3. The third-order valence-corrected chi connectivity index (χ3v) is 5.66. The molecule has 0 aromatic heterocycles. The molecule has 0 heterocycles. The Labute approximate surface area is 160 Å². The minimum Gasteiger partial charge on any atom is -0.493 e. The van der Waals surface area contributed by atoms with Crippen molar-refractivity contribution in [1.29, 1.82) is 0 Å². The summed E-state index contributed by atoms with van der Waals surface area (Å²) in [5.74, 6) is 1.00. The molecular formula is C20H23NO5S. The lowest BCUT2D eigenvalue weighted by molar-refractivity contribution is 0.104. The number of benzene rings is 2. The van der Waals surface area contributed by atoms with Crippen molar-refractivity contribution in [3.05, 3.63) is 59.7 Å². The highest BCUT2D eigenvalue weighted by Crippen LogP contribution is 2.28. The van der Waals surface area contributed by atoms with Gasteiger partial charge in [0.1, 0.15) is 0 Å². The molecule has 2 aromatic rings. The Morgan fingerprint density at radius 1 is 1.07 bits per heavy atom. The number of carbonyl (C=O) groups is 1. The van der Waals surface area contributed by atoms with Crippen molar-refractivity contribution < 1.29 is 22.7 Å². The van der Waals surface area contributed by atoms with Crippen LogP contribution < -0.4 is 9.47 Å². The number of sulfonamides is 1. The first-order chi connectivity index (χ1) is 12.8. The Morgan fingerprint density at radius 2 is 1.74 bits per heavy atom. The number of rotatable bonds is 8. The van der Waals surface area contributed by atoms with E-state index < -0.39 is 10.0 Å². The number of carbonyl (C=O) groups excluding carboxylic acids is 1. The molecule has 7 heteroatoms. The normalized spacial score (nSPS) is 11.7. The van der Waals surface area contributed by atoms with Gasteiger partial charge in [0.05, 0.1) is 18.6 Å². The third-order valence-electron chi connectivity index (χ3n) is 3.83. The number of ether oxygens (including phenoxy) is 2. The molecule has 0 fully saturated rings. The fraction of sp³-hybridized carbons (Fsp3) is 0.250. The van der Waals surface area contributed by atoms with Crippen LogP contribution in [0.2, 0.25) is 0 Å². The average molecular weight is 389 g/mol. The third kappa shape index (κ3) is 4.96. The second-order valence-electron chi connectivity index (χ2n) is 5.85. The van der Waals surface area contributed by atoms with Crippen LogP contribution in [0.3, 0.4) is 0 Å². The second-order valence-corrected chi connectivity index (χ2v) is 8.00. The van der Waals surface area contributed by atoms with Gasteiger partial charge in [0.25, 0.3) is 0 Å². The second kappa shape index (κ2) is 8.83. The highest BCUT2D eigenvalue weighted by atomic mass is 32.2. The quantitative estimate of drug-likeness (QED) is 0.512. The summed E-state index contributed by atoms with van der Waals surface area (Å²) in [5.41, 5.74) is 1.20. The van der Waals surface area contributed by atoms with Gasteiger partial charge in [-0.2, -0.15) is 0 Å². The standard InChI is InChI=1S/C20H23NO5S/c1-5-26-20-14-15(7-13-19(20)25-4)6-12-18(22)16-8-10-17(11-9-16)27(23,24)21(2)3/h6-14H,5H2,1-4H3/b12-6+. The Balaban J connectivity index is 2.18. The first kappa shape index (κ1) is 20.7. The van der Waals surface area contributed by atoms with Crippen LogP contribution in [-0.4, -0.2) is 46.3 Å². The van der Waals surface area contributed by atoms with E-state index in [1.165, 1.54) is 44.4 Å². The van der Waals surface area contributed by atoms with Crippen molar-refractivity contribution in [1.82, 2.24) is 4.31 Å². The van der Waals surface area contributed by atoms with Crippen molar-refractivity contribution in [2.75, 3.05) is 27.8 Å². The Bertz CT molecular complexity index is 931. The zero-order valence-electron chi connectivity index (χ0n) is 15.8. The van der Waals surface area contributed by atoms with E-state index in [0.717, 1.165) is 9.87 Å². The van der Waals surface area contributed by atoms with Gasteiger partial charge in [-0.25, -0.2) is 12.7 Å². The minimum absolute atomic E-state index is 0.143. The fourth-order valence-electron chi connectivity index (χ4n) is 2.34. The molecule has 0 atom stereocenters. The largest absolute Gasteiger partial charge is 0.493 e. The highest BCUT2D eigenvalue weighted by molar-refractivity contribution is 7.89. The molecule has 0 N–H and O–H groups in total. The first-order valence-electron chi connectivity index (χ1n) is 8.35. The zero-order valence-corrected chi connectivity index (χ0v) is 16.6. The van der Waals surface area contributed by atoms with E-state index >= 15 is 0 Å². The van der Waals surface area contributed by atoms with Crippen LogP contribution in [-0.2, 0) is 10.0 Å². The number of ketones is 1. The summed E-state index contributed by atoms with van der Waals surface area (Å²) in [6, 6.07) is 11.2. The summed E-state index contributed by atoms with van der Waals surface area (Å²) in [6.07, 6.45) is 3.11. The molecule has 6 nitrogen and oxygen atoms in total. The van der Waals surface area contributed by atoms with Crippen LogP contribution in [0.25, 0.3) is 6.08 Å². The molecule has 0 radical (unpaired) electrons. The van der Waals surface area contributed by atoms with Crippen molar-refractivity contribution in [3.63, 3.8) is 0 Å². The SMILES string of the molecule is CCOc1cc(/C=C/C(=O)c2ccc(S(=O)(=O)N(C)C)cc2)ccc1OC. The van der Waals surface area contributed by atoms with Crippen LogP contribution in [0.15, 0.2) is 53.4 Å². The lowest BCUT2D eigenvalue weighted by atomic mass is 10.1. The van der Waals surface area contributed by atoms with Gasteiger partial charge in [0.2, 0.25) is 10.0 Å². The highest BCUT2D eigenvalue weighted by Gasteiger charge is 2.17. The molecule has 27 heavy (non-hydrogen) atoms. The average Bonchev–Trinajstić information content (AvgIpc) is 2.66. The summed E-state index contributed by atoms with van der Waals surface area (Å²) in [5, 5.41) is 0.